The van der Waals surface area contributed by atoms with Crippen LogP contribution in [0.3, 0.4) is 0 Å². The zero-order valence-corrected chi connectivity index (χ0v) is 12.1. The predicted octanol–water partition coefficient (Wildman–Crippen LogP) is 2.48. The van der Waals surface area contributed by atoms with Crippen molar-refractivity contribution in [1.82, 2.24) is 14.9 Å². The van der Waals surface area contributed by atoms with Gasteiger partial charge in [0, 0.05) is 7.05 Å². The largest absolute Gasteiger partial charge is 0.480 e. The summed E-state index contributed by atoms with van der Waals surface area (Å²) in [5, 5.41) is 12.4. The van der Waals surface area contributed by atoms with Gasteiger partial charge in [-0.2, -0.15) is 0 Å². The topological polar surface area (TPSA) is 67.2 Å². The Morgan fingerprint density at radius 1 is 1.45 bits per heavy atom. The number of nitrogens with zero attached hydrogens (tertiary/aromatic N) is 2. The maximum absolute atomic E-state index is 11.2. The third-order valence-corrected chi connectivity index (χ3v) is 3.54. The number of carboxylic acids is 1. The molecule has 0 radical (unpaired) electrons. The van der Waals surface area contributed by atoms with Gasteiger partial charge in [-0.1, -0.05) is 25.5 Å². The van der Waals surface area contributed by atoms with Crippen molar-refractivity contribution < 1.29 is 9.90 Å². The van der Waals surface area contributed by atoms with E-state index in [0.29, 0.717) is 6.42 Å². The van der Waals surface area contributed by atoms with E-state index in [0.717, 1.165) is 23.3 Å². The molecule has 1 aromatic heterocycles. The van der Waals surface area contributed by atoms with Crippen LogP contribution in [0.1, 0.15) is 38.6 Å². The highest BCUT2D eigenvalue weighted by atomic mass is 16.4. The van der Waals surface area contributed by atoms with Crippen molar-refractivity contribution in [2.24, 2.45) is 7.05 Å². The zero-order chi connectivity index (χ0) is 14.7. The summed E-state index contributed by atoms with van der Waals surface area (Å²) in [6.07, 6.45) is 1.45. The minimum absolute atomic E-state index is 0.111. The molecular weight excluding hydrogens is 254 g/mol. The molecule has 0 aliphatic rings. The van der Waals surface area contributed by atoms with Crippen LogP contribution < -0.4 is 5.32 Å². The number of hydrogen-bond donors (Lipinski definition) is 2. The Morgan fingerprint density at radius 3 is 2.75 bits per heavy atom. The summed E-state index contributed by atoms with van der Waals surface area (Å²) < 4.78 is 2.01. The highest BCUT2D eigenvalue weighted by molar-refractivity contribution is 5.76. The number of nitrogens with one attached hydrogen (secondary N) is 1. The van der Waals surface area contributed by atoms with Gasteiger partial charge >= 0.3 is 5.97 Å². The quantitative estimate of drug-likeness (QED) is 0.850. The molecule has 0 bridgehead atoms. The number of para-hydroxylation sites is 2. The molecule has 2 atom stereocenters. The number of aromatic nitrogens is 2. The first-order valence-corrected chi connectivity index (χ1v) is 6.94. The molecule has 1 aromatic carbocycles. The van der Waals surface area contributed by atoms with Gasteiger partial charge in [0.2, 0.25) is 0 Å². The van der Waals surface area contributed by atoms with Crippen molar-refractivity contribution in [3.8, 4) is 0 Å². The molecule has 0 aliphatic heterocycles. The molecule has 2 N–H and O–H groups in total. The van der Waals surface area contributed by atoms with Gasteiger partial charge in [-0.15, -0.1) is 0 Å². The summed E-state index contributed by atoms with van der Waals surface area (Å²) in [6.45, 7) is 3.93. The van der Waals surface area contributed by atoms with Crippen molar-refractivity contribution in [2.75, 3.05) is 0 Å². The second-order valence-corrected chi connectivity index (χ2v) is 5.09. The Balaban J connectivity index is 2.24. The Bertz CT molecular complexity index is 606. The van der Waals surface area contributed by atoms with Gasteiger partial charge in [-0.3, -0.25) is 10.1 Å². The van der Waals surface area contributed by atoms with Crippen molar-refractivity contribution >= 4 is 17.0 Å². The van der Waals surface area contributed by atoms with Crippen LogP contribution >= 0.6 is 0 Å². The zero-order valence-electron chi connectivity index (χ0n) is 12.1. The van der Waals surface area contributed by atoms with Crippen LogP contribution in [0.15, 0.2) is 24.3 Å². The normalized spacial score (nSPS) is 14.3. The fraction of sp³-hybridized carbons (Fsp3) is 0.467. The van der Waals surface area contributed by atoms with E-state index < -0.39 is 12.0 Å². The lowest BCUT2D eigenvalue weighted by Crippen LogP contribution is -2.38. The van der Waals surface area contributed by atoms with Gasteiger partial charge in [0.1, 0.15) is 11.9 Å². The molecule has 0 fully saturated rings. The van der Waals surface area contributed by atoms with E-state index >= 15 is 0 Å². The molecule has 2 aromatic rings. The molecule has 2 unspecified atom stereocenters. The van der Waals surface area contributed by atoms with Gasteiger partial charge in [-0.05, 0) is 25.5 Å². The van der Waals surface area contributed by atoms with Crippen molar-refractivity contribution in [2.45, 2.75) is 38.8 Å². The average molecular weight is 275 g/mol. The molecule has 0 aliphatic carbocycles. The van der Waals surface area contributed by atoms with E-state index in [1.807, 2.05) is 49.7 Å². The highest BCUT2D eigenvalue weighted by Gasteiger charge is 2.22. The summed E-state index contributed by atoms with van der Waals surface area (Å²) >= 11 is 0. The molecule has 0 spiro atoms. The Labute approximate surface area is 118 Å². The van der Waals surface area contributed by atoms with Crippen molar-refractivity contribution in [3.63, 3.8) is 0 Å². The summed E-state index contributed by atoms with van der Waals surface area (Å²) in [6, 6.07) is 7.26. The highest BCUT2D eigenvalue weighted by Crippen LogP contribution is 2.19. The smallest absolute Gasteiger partial charge is 0.320 e. The molecular formula is C15H21N3O2. The van der Waals surface area contributed by atoms with E-state index in [9.17, 15) is 9.90 Å². The standard InChI is InChI=1S/C15H21N3O2/c1-4-7-12(15(19)20)16-10(2)14-17-11-8-5-6-9-13(11)18(14)3/h5-6,8-10,12,16H,4,7H2,1-3H3,(H,19,20). The molecule has 5 nitrogen and oxygen atoms in total. The fourth-order valence-corrected chi connectivity index (χ4v) is 2.49. The molecule has 5 heteroatoms. The number of imidazole rings is 1. The number of carboxylic acid groups (broad SMARTS) is 1. The van der Waals surface area contributed by atoms with E-state index in [1.165, 1.54) is 0 Å². The van der Waals surface area contributed by atoms with Crippen LogP contribution in [0.25, 0.3) is 11.0 Å². The first-order valence-electron chi connectivity index (χ1n) is 6.94. The molecule has 2 rings (SSSR count). The lowest BCUT2D eigenvalue weighted by molar-refractivity contribution is -0.139. The number of rotatable bonds is 6. The summed E-state index contributed by atoms with van der Waals surface area (Å²) in [7, 11) is 1.96. The van der Waals surface area contributed by atoms with Gasteiger partial charge in [0.05, 0.1) is 17.1 Å². The number of carbonyl (C=O) groups is 1. The molecule has 0 saturated carbocycles. The second kappa shape index (κ2) is 6.05. The fourth-order valence-electron chi connectivity index (χ4n) is 2.49. The Kier molecular flexibility index (Phi) is 4.39. The molecule has 1 heterocycles. The monoisotopic (exact) mass is 275 g/mol. The van der Waals surface area contributed by atoms with Crippen LogP contribution in [-0.4, -0.2) is 26.7 Å². The third-order valence-electron chi connectivity index (χ3n) is 3.54. The molecule has 0 amide bonds. The number of hydrogen-bond acceptors (Lipinski definition) is 3. The van der Waals surface area contributed by atoms with Gasteiger partial charge in [0.15, 0.2) is 0 Å². The van der Waals surface area contributed by atoms with Crippen LogP contribution in [-0.2, 0) is 11.8 Å². The summed E-state index contributed by atoms with van der Waals surface area (Å²) in [4.78, 5) is 15.8. The summed E-state index contributed by atoms with van der Waals surface area (Å²) in [5.41, 5.74) is 1.99. The van der Waals surface area contributed by atoms with E-state index in [4.69, 9.17) is 0 Å². The number of aryl methyl sites for hydroxylation is 1. The third kappa shape index (κ3) is 2.82. The van der Waals surface area contributed by atoms with Crippen molar-refractivity contribution in [1.29, 1.82) is 0 Å². The number of fused-ring (bicyclic) bond motifs is 1. The van der Waals surface area contributed by atoms with Gasteiger partial charge in [-0.25, -0.2) is 4.98 Å². The van der Waals surface area contributed by atoms with Crippen molar-refractivity contribution in [3.05, 3.63) is 30.1 Å². The Hall–Kier alpha value is -1.88. The van der Waals surface area contributed by atoms with E-state index in [2.05, 4.69) is 10.3 Å². The number of aliphatic carboxylic acids is 1. The minimum atomic E-state index is -0.808. The van der Waals surface area contributed by atoms with Crippen LogP contribution in [0.4, 0.5) is 0 Å². The SMILES string of the molecule is CCCC(NC(C)c1nc2ccccc2n1C)C(=O)O. The minimum Gasteiger partial charge on any atom is -0.480 e. The maximum Gasteiger partial charge on any atom is 0.320 e. The lowest BCUT2D eigenvalue weighted by Gasteiger charge is -2.19. The molecule has 0 saturated heterocycles. The average Bonchev–Trinajstić information content (AvgIpc) is 2.76. The molecule has 20 heavy (non-hydrogen) atoms. The number of benzene rings is 1. The van der Waals surface area contributed by atoms with Crippen LogP contribution in [0, 0.1) is 0 Å². The van der Waals surface area contributed by atoms with E-state index in [1.54, 1.807) is 0 Å². The summed E-state index contributed by atoms with van der Waals surface area (Å²) in [5.74, 6) is 0.0472. The maximum atomic E-state index is 11.2. The van der Waals surface area contributed by atoms with Gasteiger partial charge < -0.3 is 9.67 Å². The van der Waals surface area contributed by atoms with Gasteiger partial charge in [0.25, 0.3) is 0 Å². The second-order valence-electron chi connectivity index (χ2n) is 5.09. The van der Waals surface area contributed by atoms with Crippen LogP contribution in [0.2, 0.25) is 0 Å². The predicted molar refractivity (Wildman–Crippen MR) is 78.6 cm³/mol. The first-order chi connectivity index (χ1) is 9.54. The Morgan fingerprint density at radius 2 is 2.15 bits per heavy atom. The first kappa shape index (κ1) is 14.5. The lowest BCUT2D eigenvalue weighted by atomic mass is 10.1. The molecule has 108 valence electrons. The van der Waals surface area contributed by atoms with E-state index in [-0.39, 0.29) is 6.04 Å². The van der Waals surface area contributed by atoms with Crippen LogP contribution in [0.5, 0.6) is 0 Å².